The zero-order valence-electron chi connectivity index (χ0n) is 20.3. The molecule has 7 nitrogen and oxygen atoms in total. The van der Waals surface area contributed by atoms with Crippen molar-refractivity contribution in [3.63, 3.8) is 0 Å². The van der Waals surface area contributed by atoms with Crippen molar-refractivity contribution in [3.05, 3.63) is 99.0 Å². The number of rotatable bonds is 6. The molecule has 0 saturated carbocycles. The Morgan fingerprint density at radius 3 is 2.35 bits per heavy atom. The smallest absolute Gasteiger partial charge is 0.335 e. The zero-order valence-corrected chi connectivity index (χ0v) is 21.8. The molecule has 0 aromatic heterocycles. The molecular weight excluding hydrogens is 515 g/mol. The van der Waals surface area contributed by atoms with Gasteiger partial charge < -0.3 is 19.8 Å². The van der Waals surface area contributed by atoms with Crippen LogP contribution in [-0.4, -0.2) is 48.0 Å². The predicted octanol–water partition coefficient (Wildman–Crippen LogP) is 6.31. The number of ether oxygens (including phenoxy) is 1. The number of likely N-dealkylation sites (N-methyl/N-ethyl adjacent to an activating group) is 1. The van der Waals surface area contributed by atoms with E-state index in [0.29, 0.717) is 23.2 Å². The number of fused-ring (bicyclic) bond motifs is 1. The van der Waals surface area contributed by atoms with Crippen LogP contribution in [0.3, 0.4) is 0 Å². The van der Waals surface area contributed by atoms with E-state index in [0.717, 1.165) is 47.3 Å². The van der Waals surface area contributed by atoms with Gasteiger partial charge in [-0.2, -0.15) is 0 Å². The van der Waals surface area contributed by atoms with Gasteiger partial charge in [0.05, 0.1) is 27.9 Å². The van der Waals surface area contributed by atoms with Gasteiger partial charge in [-0.3, -0.25) is 9.79 Å². The van der Waals surface area contributed by atoms with Gasteiger partial charge in [-0.15, -0.1) is 0 Å². The number of benzodiazepines with no additional fused rings is 1. The Bertz CT molecular complexity index is 1330. The summed E-state index contributed by atoms with van der Waals surface area (Å²) in [4.78, 5) is 26.9. The van der Waals surface area contributed by atoms with Crippen molar-refractivity contribution in [1.29, 1.82) is 0 Å². The van der Waals surface area contributed by atoms with Gasteiger partial charge in [0.2, 0.25) is 0 Å². The first kappa shape index (κ1) is 27.8. The van der Waals surface area contributed by atoms with Gasteiger partial charge in [0, 0.05) is 37.8 Å². The number of anilines is 1. The molecule has 0 amide bonds. The van der Waals surface area contributed by atoms with Crippen LogP contribution < -0.4 is 9.64 Å². The lowest BCUT2D eigenvalue weighted by Gasteiger charge is -2.20. The Labute approximate surface area is 225 Å². The highest BCUT2D eigenvalue weighted by Gasteiger charge is 2.16. The van der Waals surface area contributed by atoms with Gasteiger partial charge in [-0.05, 0) is 53.6 Å². The summed E-state index contributed by atoms with van der Waals surface area (Å²) in [6, 6.07) is 18.1. The highest BCUT2D eigenvalue weighted by atomic mass is 35.5. The average molecular weight is 541 g/mol. The monoisotopic (exact) mass is 540 g/mol. The Balaban J connectivity index is 0.000000886. The summed E-state index contributed by atoms with van der Waals surface area (Å²) in [5, 5.41) is 17.5. The first-order valence-electron chi connectivity index (χ1n) is 11.3. The van der Waals surface area contributed by atoms with Crippen molar-refractivity contribution in [2.24, 2.45) is 4.99 Å². The van der Waals surface area contributed by atoms with Crippen LogP contribution >= 0.6 is 23.2 Å². The number of aromatic carboxylic acids is 1. The molecule has 0 spiro atoms. The molecule has 192 valence electrons. The van der Waals surface area contributed by atoms with Gasteiger partial charge in [0.15, 0.2) is 0 Å². The van der Waals surface area contributed by atoms with Crippen LogP contribution in [0.15, 0.2) is 71.7 Å². The average Bonchev–Trinajstić information content (AvgIpc) is 3.01. The van der Waals surface area contributed by atoms with Gasteiger partial charge in [0.1, 0.15) is 12.4 Å². The van der Waals surface area contributed by atoms with Crippen molar-refractivity contribution in [1.82, 2.24) is 0 Å². The number of halogens is 2. The van der Waals surface area contributed by atoms with E-state index >= 15 is 0 Å². The van der Waals surface area contributed by atoms with E-state index in [1.54, 1.807) is 30.3 Å². The number of nitrogens with zero attached hydrogens (tertiary/aromatic N) is 2. The lowest BCUT2D eigenvalue weighted by atomic mass is 10.0. The normalized spacial score (nSPS) is 12.6. The number of hydrogen-bond donors (Lipinski definition) is 2. The molecule has 1 aliphatic rings. The number of aliphatic imine (C=N–C) groups is 1. The molecule has 0 fully saturated rings. The summed E-state index contributed by atoms with van der Waals surface area (Å²) in [7, 11) is 2.04. The third kappa shape index (κ3) is 8.10. The number of carboxylic acid groups (broad SMARTS) is 2. The fourth-order valence-corrected chi connectivity index (χ4v) is 3.81. The maximum Gasteiger partial charge on any atom is 0.335 e. The number of carboxylic acids is 2. The Morgan fingerprint density at radius 2 is 1.70 bits per heavy atom. The quantitative estimate of drug-likeness (QED) is 0.379. The minimum atomic E-state index is -0.943. The molecule has 37 heavy (non-hydrogen) atoms. The van der Waals surface area contributed by atoms with Crippen molar-refractivity contribution in [2.75, 3.05) is 25.0 Å². The highest BCUT2D eigenvalue weighted by Crippen LogP contribution is 2.29. The fraction of sp³-hybridized carbons (Fsp3) is 0.179. The fourth-order valence-electron chi connectivity index (χ4n) is 3.50. The summed E-state index contributed by atoms with van der Waals surface area (Å²) in [5.74, 6) is -1.04. The molecule has 2 N–H and O–H groups in total. The Morgan fingerprint density at radius 1 is 1.00 bits per heavy atom. The first-order chi connectivity index (χ1) is 17.6. The number of hydrogen-bond acceptors (Lipinski definition) is 5. The number of aliphatic carboxylic acids is 1. The SMILES string of the molecule is CC(=O)O.CN1CCN=C(/C=C/c2ccc(Cl)c(Cl)c2)c2ccc(OCc3ccc(C(=O)O)cc3)cc21. The van der Waals surface area contributed by atoms with Gasteiger partial charge in [0.25, 0.3) is 5.97 Å². The lowest BCUT2D eigenvalue weighted by Crippen LogP contribution is -2.20. The number of allylic oxidation sites excluding steroid dienone is 1. The van der Waals surface area contributed by atoms with Gasteiger partial charge in [-0.25, -0.2) is 4.79 Å². The maximum absolute atomic E-state index is 11.0. The van der Waals surface area contributed by atoms with Crippen LogP contribution in [0, 0.1) is 0 Å². The van der Waals surface area contributed by atoms with E-state index in [2.05, 4.69) is 4.90 Å². The largest absolute Gasteiger partial charge is 0.489 e. The molecule has 9 heteroatoms. The summed E-state index contributed by atoms with van der Waals surface area (Å²) in [6.07, 6.45) is 3.96. The van der Waals surface area contributed by atoms with Crippen LogP contribution in [0.2, 0.25) is 10.0 Å². The third-order valence-electron chi connectivity index (χ3n) is 5.36. The second kappa shape index (κ2) is 12.9. The minimum absolute atomic E-state index is 0.256. The van der Waals surface area contributed by atoms with E-state index in [1.807, 2.05) is 49.5 Å². The van der Waals surface area contributed by atoms with Crippen LogP contribution in [0.5, 0.6) is 5.75 Å². The van der Waals surface area contributed by atoms with Crippen LogP contribution in [-0.2, 0) is 11.4 Å². The number of carbonyl (C=O) groups is 2. The highest BCUT2D eigenvalue weighted by molar-refractivity contribution is 6.42. The lowest BCUT2D eigenvalue weighted by molar-refractivity contribution is -0.134. The maximum atomic E-state index is 11.0. The Hall–Kier alpha value is -3.81. The van der Waals surface area contributed by atoms with Crippen LogP contribution in [0.25, 0.3) is 6.08 Å². The molecule has 3 aromatic rings. The van der Waals surface area contributed by atoms with E-state index in [4.69, 9.17) is 47.9 Å². The molecule has 1 aliphatic heterocycles. The summed E-state index contributed by atoms with van der Waals surface area (Å²) >= 11 is 12.1. The first-order valence-corrected chi connectivity index (χ1v) is 12.1. The molecule has 0 aliphatic carbocycles. The van der Waals surface area contributed by atoms with Crippen LogP contribution in [0.4, 0.5) is 5.69 Å². The minimum Gasteiger partial charge on any atom is -0.489 e. The van der Waals surface area contributed by atoms with Crippen LogP contribution in [0.1, 0.15) is 34.0 Å². The second-order valence-corrected chi connectivity index (χ2v) is 9.00. The molecule has 0 bridgehead atoms. The third-order valence-corrected chi connectivity index (χ3v) is 6.10. The van der Waals surface area contributed by atoms with Crippen molar-refractivity contribution in [3.8, 4) is 5.75 Å². The second-order valence-electron chi connectivity index (χ2n) is 8.18. The molecule has 4 rings (SSSR count). The predicted molar refractivity (Wildman–Crippen MR) is 148 cm³/mol. The van der Waals surface area contributed by atoms with Crippen molar-refractivity contribution >= 4 is 52.6 Å². The Kier molecular flexibility index (Phi) is 9.71. The number of benzene rings is 3. The van der Waals surface area contributed by atoms with E-state index in [9.17, 15) is 4.79 Å². The van der Waals surface area contributed by atoms with Crippen molar-refractivity contribution in [2.45, 2.75) is 13.5 Å². The molecule has 3 aromatic carbocycles. The van der Waals surface area contributed by atoms with Gasteiger partial charge in [-0.1, -0.05) is 47.5 Å². The summed E-state index contributed by atoms with van der Waals surface area (Å²) in [5.41, 5.74) is 5.03. The van der Waals surface area contributed by atoms with E-state index in [-0.39, 0.29) is 5.56 Å². The van der Waals surface area contributed by atoms with Crippen molar-refractivity contribution < 1.29 is 24.5 Å². The summed E-state index contributed by atoms with van der Waals surface area (Å²) < 4.78 is 5.98. The molecule has 0 atom stereocenters. The molecule has 1 heterocycles. The summed E-state index contributed by atoms with van der Waals surface area (Å²) in [6.45, 7) is 2.90. The van der Waals surface area contributed by atoms with Gasteiger partial charge >= 0.3 is 5.97 Å². The van der Waals surface area contributed by atoms with E-state index in [1.165, 1.54) is 0 Å². The standard InChI is InChI=1S/C26H22Cl2N2O3.C2H4O2/c1-30-13-12-29-24(11-5-17-4-10-22(27)23(28)14-17)21-9-8-20(15-25(21)30)33-16-18-2-6-19(7-3-18)26(31)32;1-2(3)4/h2-11,14-15H,12-13,16H2,1H3,(H,31,32);1H3,(H,3,4)/b11-5+;. The molecular formula is C28H26Cl2N2O5. The molecule has 0 unspecified atom stereocenters. The zero-order chi connectivity index (χ0) is 26.9. The topological polar surface area (TPSA) is 99.4 Å². The van der Waals surface area contributed by atoms with E-state index < -0.39 is 11.9 Å². The molecule has 0 radical (unpaired) electrons. The molecule has 0 saturated heterocycles.